The van der Waals surface area contributed by atoms with Crippen LogP contribution in [0.1, 0.15) is 30.9 Å². The number of rotatable bonds is 1. The minimum atomic E-state index is -2.60. The van der Waals surface area contributed by atoms with Gasteiger partial charge in [-0.25, -0.2) is 18.7 Å². The van der Waals surface area contributed by atoms with E-state index in [1.54, 1.807) is 6.07 Å². The fourth-order valence-corrected chi connectivity index (χ4v) is 2.72. The summed E-state index contributed by atoms with van der Waals surface area (Å²) < 4.78 is 26.5. The molecule has 1 aromatic carbocycles. The number of para-hydroxylation sites is 2. The van der Waals surface area contributed by atoms with E-state index in [4.69, 9.17) is 11.6 Å². The van der Waals surface area contributed by atoms with Crippen LogP contribution < -0.4 is 0 Å². The van der Waals surface area contributed by atoms with Crippen molar-refractivity contribution in [1.29, 1.82) is 0 Å². The molecule has 1 aliphatic carbocycles. The van der Waals surface area contributed by atoms with Gasteiger partial charge in [0.15, 0.2) is 5.15 Å². The number of hydrogen-bond donors (Lipinski definition) is 0. The van der Waals surface area contributed by atoms with Crippen LogP contribution in [0.15, 0.2) is 24.3 Å². The molecule has 0 radical (unpaired) electrons. The van der Waals surface area contributed by atoms with Crippen molar-refractivity contribution in [2.45, 2.75) is 31.1 Å². The maximum Gasteiger partial charge on any atom is 0.248 e. The number of nitrogens with zero attached hydrogens (tertiary/aromatic N) is 2. The summed E-state index contributed by atoms with van der Waals surface area (Å²) in [6.07, 6.45) is 0.141. The van der Waals surface area contributed by atoms with Gasteiger partial charge < -0.3 is 0 Å². The smallest absolute Gasteiger partial charge is 0.248 e. The van der Waals surface area contributed by atoms with E-state index in [-0.39, 0.29) is 23.9 Å². The predicted octanol–water partition coefficient (Wildman–Crippen LogP) is 4.19. The van der Waals surface area contributed by atoms with E-state index in [1.807, 2.05) is 18.2 Å². The molecule has 0 N–H and O–H groups in total. The predicted molar refractivity (Wildman–Crippen MR) is 66.1 cm³/mol. The van der Waals surface area contributed by atoms with E-state index in [0.29, 0.717) is 23.1 Å². The maximum atomic E-state index is 13.2. The molecule has 0 aliphatic heterocycles. The number of halogens is 3. The van der Waals surface area contributed by atoms with Gasteiger partial charge in [0.05, 0.1) is 16.7 Å². The van der Waals surface area contributed by atoms with Crippen LogP contribution in [0.25, 0.3) is 11.0 Å². The Morgan fingerprint density at radius 1 is 1.17 bits per heavy atom. The van der Waals surface area contributed by atoms with Gasteiger partial charge in [-0.3, -0.25) is 0 Å². The van der Waals surface area contributed by atoms with Crippen LogP contribution in [-0.4, -0.2) is 15.9 Å². The summed E-state index contributed by atoms with van der Waals surface area (Å²) in [6.45, 7) is 0. The van der Waals surface area contributed by atoms with Crippen LogP contribution in [0.4, 0.5) is 8.78 Å². The SMILES string of the molecule is FC1(F)CCC(c2nc3ccccc3nc2Cl)C1. The number of alkyl halides is 2. The second-order valence-electron chi connectivity index (χ2n) is 4.68. The molecule has 94 valence electrons. The topological polar surface area (TPSA) is 25.8 Å². The second-order valence-corrected chi connectivity index (χ2v) is 5.04. The molecule has 1 unspecified atom stereocenters. The quantitative estimate of drug-likeness (QED) is 0.775. The zero-order valence-electron chi connectivity index (χ0n) is 9.54. The Bertz CT molecular complexity index is 601. The van der Waals surface area contributed by atoms with Crippen molar-refractivity contribution in [2.24, 2.45) is 0 Å². The van der Waals surface area contributed by atoms with Gasteiger partial charge in [0.25, 0.3) is 0 Å². The third kappa shape index (κ3) is 2.05. The van der Waals surface area contributed by atoms with E-state index in [0.717, 1.165) is 0 Å². The van der Waals surface area contributed by atoms with E-state index in [2.05, 4.69) is 9.97 Å². The van der Waals surface area contributed by atoms with E-state index < -0.39 is 5.92 Å². The molecule has 0 spiro atoms. The second kappa shape index (κ2) is 4.12. The molecule has 1 atom stereocenters. The molecule has 1 fully saturated rings. The van der Waals surface area contributed by atoms with Gasteiger partial charge >= 0.3 is 0 Å². The van der Waals surface area contributed by atoms with Crippen molar-refractivity contribution >= 4 is 22.6 Å². The lowest BCUT2D eigenvalue weighted by atomic mass is 10.0. The lowest BCUT2D eigenvalue weighted by Crippen LogP contribution is -2.10. The van der Waals surface area contributed by atoms with Crippen LogP contribution in [-0.2, 0) is 0 Å². The molecule has 1 saturated carbocycles. The van der Waals surface area contributed by atoms with Gasteiger partial charge in [0, 0.05) is 18.8 Å². The van der Waals surface area contributed by atoms with Gasteiger partial charge in [-0.15, -0.1) is 0 Å². The Morgan fingerprint density at radius 3 is 2.44 bits per heavy atom. The van der Waals surface area contributed by atoms with Crippen molar-refractivity contribution in [3.63, 3.8) is 0 Å². The fraction of sp³-hybridized carbons (Fsp3) is 0.385. The molecule has 18 heavy (non-hydrogen) atoms. The average Bonchev–Trinajstić information content (AvgIpc) is 2.68. The molecule has 0 saturated heterocycles. The fourth-order valence-electron chi connectivity index (χ4n) is 2.44. The van der Waals surface area contributed by atoms with E-state index >= 15 is 0 Å². The van der Waals surface area contributed by atoms with Gasteiger partial charge in [-0.05, 0) is 18.6 Å². The summed E-state index contributed by atoms with van der Waals surface area (Å²) in [5, 5.41) is 0.247. The molecule has 3 rings (SSSR count). The van der Waals surface area contributed by atoms with E-state index in [9.17, 15) is 8.78 Å². The van der Waals surface area contributed by atoms with Crippen molar-refractivity contribution in [2.75, 3.05) is 0 Å². The Morgan fingerprint density at radius 2 is 1.83 bits per heavy atom. The standard InChI is InChI=1S/C13H11ClF2N2/c14-12-11(8-5-6-13(15,16)7-8)17-9-3-1-2-4-10(9)18-12/h1-4,8H,5-7H2. The Balaban J connectivity index is 2.04. The van der Waals surface area contributed by atoms with Gasteiger partial charge in [0.1, 0.15) is 0 Å². The highest BCUT2D eigenvalue weighted by atomic mass is 35.5. The highest BCUT2D eigenvalue weighted by Gasteiger charge is 2.41. The Kier molecular flexibility index (Phi) is 2.70. The molecule has 1 aliphatic rings. The third-order valence-corrected chi connectivity index (χ3v) is 3.62. The first kappa shape index (κ1) is 11.8. The molecular weight excluding hydrogens is 258 g/mol. The van der Waals surface area contributed by atoms with Gasteiger partial charge in [-0.2, -0.15) is 0 Å². The minimum Gasteiger partial charge on any atom is -0.248 e. The molecular formula is C13H11ClF2N2. The highest BCUT2D eigenvalue weighted by Crippen LogP contribution is 2.45. The average molecular weight is 269 g/mol. The zero-order chi connectivity index (χ0) is 12.8. The van der Waals surface area contributed by atoms with Crippen molar-refractivity contribution in [1.82, 2.24) is 9.97 Å². The van der Waals surface area contributed by atoms with E-state index in [1.165, 1.54) is 0 Å². The molecule has 2 aromatic rings. The first-order valence-corrected chi connectivity index (χ1v) is 6.23. The van der Waals surface area contributed by atoms with Gasteiger partial charge in [-0.1, -0.05) is 23.7 Å². The Labute approximate surface area is 108 Å². The lowest BCUT2D eigenvalue weighted by molar-refractivity contribution is 0.00766. The van der Waals surface area contributed by atoms with Crippen molar-refractivity contribution in [3.05, 3.63) is 35.1 Å². The molecule has 5 heteroatoms. The zero-order valence-corrected chi connectivity index (χ0v) is 10.3. The first-order chi connectivity index (χ1) is 8.55. The number of hydrogen-bond acceptors (Lipinski definition) is 2. The first-order valence-electron chi connectivity index (χ1n) is 5.85. The normalized spacial score (nSPS) is 22.5. The summed E-state index contributed by atoms with van der Waals surface area (Å²) in [5.74, 6) is -2.88. The molecule has 1 heterocycles. The highest BCUT2D eigenvalue weighted by molar-refractivity contribution is 6.30. The van der Waals surface area contributed by atoms with Crippen LogP contribution >= 0.6 is 11.6 Å². The summed E-state index contributed by atoms with van der Waals surface area (Å²) >= 11 is 6.06. The third-order valence-electron chi connectivity index (χ3n) is 3.34. The van der Waals surface area contributed by atoms with Gasteiger partial charge in [0.2, 0.25) is 5.92 Å². The van der Waals surface area contributed by atoms with Crippen LogP contribution in [0.5, 0.6) is 0 Å². The van der Waals surface area contributed by atoms with Crippen LogP contribution in [0.3, 0.4) is 0 Å². The van der Waals surface area contributed by atoms with Crippen LogP contribution in [0, 0.1) is 0 Å². The monoisotopic (exact) mass is 268 g/mol. The summed E-state index contributed by atoms with van der Waals surface area (Å²) in [4.78, 5) is 8.62. The van der Waals surface area contributed by atoms with Crippen molar-refractivity contribution < 1.29 is 8.78 Å². The van der Waals surface area contributed by atoms with Crippen LogP contribution in [0.2, 0.25) is 5.15 Å². The maximum absolute atomic E-state index is 13.2. The summed E-state index contributed by atoms with van der Waals surface area (Å²) in [7, 11) is 0. The number of fused-ring (bicyclic) bond motifs is 1. The summed E-state index contributed by atoms with van der Waals surface area (Å²) in [5.41, 5.74) is 1.90. The lowest BCUT2D eigenvalue weighted by Gasteiger charge is -2.12. The number of benzene rings is 1. The molecule has 0 bridgehead atoms. The largest absolute Gasteiger partial charge is 0.248 e. The molecule has 2 nitrogen and oxygen atoms in total. The summed E-state index contributed by atoms with van der Waals surface area (Å²) in [6, 6.07) is 7.31. The molecule has 1 aromatic heterocycles. The molecule has 0 amide bonds. The van der Waals surface area contributed by atoms with Crippen molar-refractivity contribution in [3.8, 4) is 0 Å². The minimum absolute atomic E-state index is 0.0947. The Hall–Kier alpha value is -1.29. The number of aromatic nitrogens is 2.